The van der Waals surface area contributed by atoms with Crippen LogP contribution in [0.4, 0.5) is 4.39 Å². The van der Waals surface area contributed by atoms with Crippen LogP contribution in [0.25, 0.3) is 0 Å². The molecule has 1 unspecified atom stereocenters. The lowest BCUT2D eigenvalue weighted by Gasteiger charge is -2.27. The quantitative estimate of drug-likeness (QED) is 0.737. The molecule has 1 amide bonds. The Hall–Kier alpha value is -0.680. The SMILES string of the molecule is CCN1CCCC(F)C1.COC(C)(C)C.NC=O. The number of ether oxygens (including phenoxy) is 1. The molecule has 0 bridgehead atoms. The van der Waals surface area contributed by atoms with Crippen LogP contribution in [0.3, 0.4) is 0 Å². The van der Waals surface area contributed by atoms with E-state index in [0.29, 0.717) is 6.54 Å². The van der Waals surface area contributed by atoms with E-state index in [1.807, 2.05) is 20.8 Å². The fourth-order valence-corrected chi connectivity index (χ4v) is 1.29. The highest BCUT2D eigenvalue weighted by Gasteiger charge is 2.16. The minimum absolute atomic E-state index is 0.0417. The predicted octanol–water partition coefficient (Wildman–Crippen LogP) is 1.97. The van der Waals surface area contributed by atoms with Gasteiger partial charge in [-0.1, -0.05) is 6.92 Å². The molecule has 1 heterocycles. The molecule has 110 valence electrons. The van der Waals surface area contributed by atoms with Crippen LogP contribution in [0.5, 0.6) is 0 Å². The van der Waals surface area contributed by atoms with E-state index in [2.05, 4.69) is 17.6 Å². The number of carbonyl (C=O) groups excluding carboxylic acids is 1. The van der Waals surface area contributed by atoms with Gasteiger partial charge in [-0.2, -0.15) is 0 Å². The summed E-state index contributed by atoms with van der Waals surface area (Å²) >= 11 is 0. The molecule has 0 saturated carbocycles. The topological polar surface area (TPSA) is 55.6 Å². The van der Waals surface area contributed by atoms with Crippen molar-refractivity contribution in [3.63, 3.8) is 0 Å². The van der Waals surface area contributed by atoms with Crippen LogP contribution >= 0.6 is 0 Å². The van der Waals surface area contributed by atoms with Gasteiger partial charge in [0, 0.05) is 13.7 Å². The number of methoxy groups -OCH3 is 1. The van der Waals surface area contributed by atoms with Crippen molar-refractivity contribution in [2.24, 2.45) is 5.73 Å². The van der Waals surface area contributed by atoms with Crippen molar-refractivity contribution >= 4 is 6.41 Å². The van der Waals surface area contributed by atoms with Gasteiger partial charge in [-0.15, -0.1) is 0 Å². The fourth-order valence-electron chi connectivity index (χ4n) is 1.29. The number of amides is 1. The van der Waals surface area contributed by atoms with Crippen molar-refractivity contribution in [2.75, 3.05) is 26.7 Å². The summed E-state index contributed by atoms with van der Waals surface area (Å²) in [5, 5.41) is 0. The zero-order valence-electron chi connectivity index (χ0n) is 12.4. The Morgan fingerprint density at radius 1 is 1.50 bits per heavy atom. The van der Waals surface area contributed by atoms with Crippen LogP contribution in [-0.2, 0) is 9.53 Å². The predicted molar refractivity (Wildman–Crippen MR) is 73.3 cm³/mol. The molecule has 1 saturated heterocycles. The highest BCUT2D eigenvalue weighted by atomic mass is 19.1. The molecular weight excluding hydrogens is 235 g/mol. The van der Waals surface area contributed by atoms with E-state index in [1.165, 1.54) is 0 Å². The molecule has 1 fully saturated rings. The monoisotopic (exact) mass is 264 g/mol. The summed E-state index contributed by atoms with van der Waals surface area (Å²) in [6.45, 7) is 10.9. The molecule has 5 heteroatoms. The van der Waals surface area contributed by atoms with Crippen molar-refractivity contribution in [3.8, 4) is 0 Å². The minimum Gasteiger partial charge on any atom is -0.379 e. The maximum atomic E-state index is 12.6. The Balaban J connectivity index is 0. The van der Waals surface area contributed by atoms with E-state index in [9.17, 15) is 4.39 Å². The second-order valence-corrected chi connectivity index (χ2v) is 5.09. The third-order valence-corrected chi connectivity index (χ3v) is 2.51. The average Bonchev–Trinajstić information content (AvgIpc) is 2.30. The molecule has 1 atom stereocenters. The zero-order valence-corrected chi connectivity index (χ0v) is 12.4. The molecule has 1 aliphatic rings. The first kappa shape index (κ1) is 19.7. The second-order valence-electron chi connectivity index (χ2n) is 5.09. The highest BCUT2D eigenvalue weighted by Crippen LogP contribution is 2.11. The lowest BCUT2D eigenvalue weighted by atomic mass is 10.1. The number of halogens is 1. The lowest BCUT2D eigenvalue weighted by molar-refractivity contribution is -0.106. The third-order valence-electron chi connectivity index (χ3n) is 2.51. The summed E-state index contributed by atoms with van der Waals surface area (Å²) in [5.41, 5.74) is 4.21. The van der Waals surface area contributed by atoms with E-state index in [1.54, 1.807) is 7.11 Å². The van der Waals surface area contributed by atoms with Crippen LogP contribution in [-0.4, -0.2) is 49.8 Å². The Kier molecular flexibility index (Phi) is 12.5. The first-order valence-electron chi connectivity index (χ1n) is 6.37. The van der Waals surface area contributed by atoms with Gasteiger partial charge in [-0.25, -0.2) is 4.39 Å². The lowest BCUT2D eigenvalue weighted by Crippen LogP contribution is -2.35. The Morgan fingerprint density at radius 3 is 2.17 bits per heavy atom. The van der Waals surface area contributed by atoms with Gasteiger partial charge in [0.25, 0.3) is 0 Å². The standard InChI is InChI=1S/C7H14FN.C5H12O.CH3NO/c1-2-9-5-3-4-7(8)6-9;1-5(2,3)6-4;2-1-3/h7H,2-6H2,1H3;1-4H3;1H,(H2,2,3). The minimum atomic E-state index is -0.557. The molecule has 0 aliphatic carbocycles. The summed E-state index contributed by atoms with van der Waals surface area (Å²) in [4.78, 5) is 10.7. The van der Waals surface area contributed by atoms with E-state index < -0.39 is 6.17 Å². The summed E-state index contributed by atoms with van der Waals surface area (Å²) in [6, 6.07) is 0. The second kappa shape index (κ2) is 11.4. The van der Waals surface area contributed by atoms with Gasteiger partial charge >= 0.3 is 0 Å². The number of likely N-dealkylation sites (tertiary alicyclic amines) is 1. The smallest absolute Gasteiger partial charge is 0.204 e. The summed E-state index contributed by atoms with van der Waals surface area (Å²) < 4.78 is 17.5. The number of nitrogens with zero attached hydrogens (tertiary/aromatic N) is 1. The Labute approximate surface area is 111 Å². The molecule has 0 aromatic heterocycles. The molecule has 0 spiro atoms. The molecular formula is C13H29FN2O2. The van der Waals surface area contributed by atoms with E-state index in [4.69, 9.17) is 9.53 Å². The van der Waals surface area contributed by atoms with Crippen LogP contribution in [0, 0.1) is 0 Å². The van der Waals surface area contributed by atoms with Crippen LogP contribution in [0.1, 0.15) is 40.5 Å². The largest absolute Gasteiger partial charge is 0.379 e. The van der Waals surface area contributed by atoms with Crippen molar-refractivity contribution in [2.45, 2.75) is 52.3 Å². The highest BCUT2D eigenvalue weighted by molar-refractivity contribution is 5.42. The van der Waals surface area contributed by atoms with Crippen molar-refractivity contribution in [3.05, 3.63) is 0 Å². The molecule has 2 N–H and O–H groups in total. The van der Waals surface area contributed by atoms with Gasteiger partial charge in [0.1, 0.15) is 6.17 Å². The van der Waals surface area contributed by atoms with Gasteiger partial charge in [0.05, 0.1) is 5.60 Å². The molecule has 1 rings (SSSR count). The zero-order chi connectivity index (χ0) is 14.6. The van der Waals surface area contributed by atoms with Crippen LogP contribution < -0.4 is 5.73 Å². The number of primary amides is 1. The Bertz CT molecular complexity index is 196. The number of carbonyl (C=O) groups is 1. The molecule has 0 radical (unpaired) electrons. The van der Waals surface area contributed by atoms with Crippen LogP contribution in [0.15, 0.2) is 0 Å². The van der Waals surface area contributed by atoms with Crippen molar-refractivity contribution in [1.82, 2.24) is 4.90 Å². The third kappa shape index (κ3) is 15.3. The number of hydrogen-bond acceptors (Lipinski definition) is 3. The number of nitrogens with two attached hydrogens (primary N) is 1. The average molecular weight is 264 g/mol. The van der Waals surface area contributed by atoms with Crippen molar-refractivity contribution < 1.29 is 13.9 Å². The molecule has 1 aliphatic heterocycles. The number of alkyl halides is 1. The van der Waals surface area contributed by atoms with Crippen molar-refractivity contribution in [1.29, 1.82) is 0 Å². The van der Waals surface area contributed by atoms with E-state index in [-0.39, 0.29) is 12.0 Å². The van der Waals surface area contributed by atoms with Gasteiger partial charge in [0.2, 0.25) is 6.41 Å². The van der Waals surface area contributed by atoms with Gasteiger partial charge in [-0.05, 0) is 46.7 Å². The molecule has 0 aromatic carbocycles. The molecule has 0 aromatic rings. The Morgan fingerprint density at radius 2 is 1.94 bits per heavy atom. The van der Waals surface area contributed by atoms with Gasteiger partial charge in [0.15, 0.2) is 0 Å². The first-order chi connectivity index (χ1) is 8.30. The maximum absolute atomic E-state index is 12.6. The summed E-state index contributed by atoms with van der Waals surface area (Å²) in [6.07, 6.45) is 1.50. The molecule has 18 heavy (non-hydrogen) atoms. The van der Waals surface area contributed by atoms with Gasteiger partial charge < -0.3 is 15.4 Å². The fraction of sp³-hybridized carbons (Fsp3) is 0.923. The maximum Gasteiger partial charge on any atom is 0.204 e. The van der Waals surface area contributed by atoms with E-state index in [0.717, 1.165) is 25.9 Å². The van der Waals surface area contributed by atoms with E-state index >= 15 is 0 Å². The molecule has 4 nitrogen and oxygen atoms in total. The number of piperidine rings is 1. The van der Waals surface area contributed by atoms with Gasteiger partial charge in [-0.3, -0.25) is 4.79 Å². The van der Waals surface area contributed by atoms with Crippen LogP contribution in [0.2, 0.25) is 0 Å². The first-order valence-corrected chi connectivity index (χ1v) is 6.37. The number of hydrogen-bond donors (Lipinski definition) is 1. The summed E-state index contributed by atoms with van der Waals surface area (Å²) in [5.74, 6) is 0. The summed E-state index contributed by atoms with van der Waals surface area (Å²) in [7, 11) is 1.71. The number of rotatable bonds is 1. The normalized spacial score (nSPS) is 20.0.